The smallest absolute Gasteiger partial charge is 0.169 e. The van der Waals surface area contributed by atoms with Crippen LogP contribution in [0.3, 0.4) is 0 Å². The van der Waals surface area contributed by atoms with Crippen LogP contribution in [0.1, 0.15) is 25.0 Å². The lowest BCUT2D eigenvalue weighted by Gasteiger charge is -2.26. The second-order valence-electron chi connectivity index (χ2n) is 6.97. The highest BCUT2D eigenvalue weighted by atomic mass is 32.1. The average Bonchev–Trinajstić information content (AvgIpc) is 3.15. The van der Waals surface area contributed by atoms with Crippen LogP contribution in [0.2, 0.25) is 0 Å². The lowest BCUT2D eigenvalue weighted by atomic mass is 10.1. The molecule has 6 nitrogen and oxygen atoms in total. The normalized spacial score (nSPS) is 10.8. The highest BCUT2D eigenvalue weighted by molar-refractivity contribution is 7.80. The summed E-state index contributed by atoms with van der Waals surface area (Å²) >= 11 is 5.62. The van der Waals surface area contributed by atoms with E-state index >= 15 is 0 Å². The van der Waals surface area contributed by atoms with E-state index in [-0.39, 0.29) is 5.75 Å². The van der Waals surface area contributed by atoms with Gasteiger partial charge in [0.2, 0.25) is 0 Å². The maximum Gasteiger partial charge on any atom is 0.169 e. The van der Waals surface area contributed by atoms with Crippen LogP contribution < -0.4 is 14.8 Å². The van der Waals surface area contributed by atoms with E-state index in [9.17, 15) is 5.11 Å². The predicted octanol–water partition coefficient (Wildman–Crippen LogP) is 4.22. The Balaban J connectivity index is 1.78. The van der Waals surface area contributed by atoms with Gasteiger partial charge in [-0.2, -0.15) is 0 Å². The molecule has 2 aromatic carbocycles. The molecule has 0 aliphatic carbocycles. The minimum Gasteiger partial charge on any atom is -0.504 e. The monoisotopic (exact) mass is 427 g/mol. The van der Waals surface area contributed by atoms with Gasteiger partial charge in [0.05, 0.1) is 13.7 Å². The van der Waals surface area contributed by atoms with Crippen molar-refractivity contribution in [1.29, 1.82) is 0 Å². The first-order valence-corrected chi connectivity index (χ1v) is 10.6. The van der Waals surface area contributed by atoms with Crippen molar-refractivity contribution in [3.63, 3.8) is 0 Å². The van der Waals surface area contributed by atoms with Crippen molar-refractivity contribution in [2.75, 3.05) is 26.8 Å². The minimum atomic E-state index is 0.147. The number of hydrogen-bond acceptors (Lipinski definition) is 4. The summed E-state index contributed by atoms with van der Waals surface area (Å²) in [4.78, 5) is 5.47. The van der Waals surface area contributed by atoms with Crippen LogP contribution >= 0.6 is 12.2 Å². The van der Waals surface area contributed by atoms with E-state index in [1.54, 1.807) is 13.2 Å². The van der Waals surface area contributed by atoms with Crippen LogP contribution in [0.25, 0.3) is 10.9 Å². The lowest BCUT2D eigenvalue weighted by molar-refractivity contribution is 0.317. The summed E-state index contributed by atoms with van der Waals surface area (Å²) in [5.74, 6) is 1.48. The number of phenolic OH excluding ortho intramolecular Hbond substituents is 1. The number of hydrogen-bond donors (Lipinski definition) is 3. The third-order valence-electron chi connectivity index (χ3n) is 4.94. The Morgan fingerprint density at radius 3 is 2.77 bits per heavy atom. The molecule has 0 spiro atoms. The Bertz CT molecular complexity index is 1000. The minimum absolute atomic E-state index is 0.147. The molecule has 0 amide bonds. The van der Waals surface area contributed by atoms with Crippen molar-refractivity contribution < 1.29 is 14.6 Å². The molecule has 0 unspecified atom stereocenters. The second-order valence-corrected chi connectivity index (χ2v) is 7.35. The number of thiocarbonyl (C=S) groups is 1. The zero-order valence-corrected chi connectivity index (χ0v) is 18.5. The number of nitrogens with zero attached hydrogens (tertiary/aromatic N) is 1. The first-order valence-electron chi connectivity index (χ1n) is 10.2. The number of nitrogens with one attached hydrogen (secondary N) is 2. The zero-order chi connectivity index (χ0) is 21.5. The number of ether oxygens (including phenoxy) is 2. The van der Waals surface area contributed by atoms with Gasteiger partial charge in [0.1, 0.15) is 5.75 Å². The van der Waals surface area contributed by atoms with Crippen LogP contribution in [0.15, 0.2) is 42.6 Å². The number of aromatic nitrogens is 1. The van der Waals surface area contributed by atoms with Gasteiger partial charge in [-0.1, -0.05) is 6.07 Å². The van der Waals surface area contributed by atoms with Gasteiger partial charge >= 0.3 is 0 Å². The molecule has 0 radical (unpaired) electrons. The molecule has 1 aromatic heterocycles. The van der Waals surface area contributed by atoms with Gasteiger partial charge < -0.3 is 29.8 Å². The van der Waals surface area contributed by atoms with E-state index in [1.165, 1.54) is 5.56 Å². The van der Waals surface area contributed by atoms with Crippen LogP contribution in [-0.2, 0) is 13.0 Å². The molecule has 0 atom stereocenters. The largest absolute Gasteiger partial charge is 0.504 e. The molecule has 7 heteroatoms. The summed E-state index contributed by atoms with van der Waals surface area (Å²) in [6.07, 6.45) is 2.88. The van der Waals surface area contributed by atoms with Gasteiger partial charge in [-0.3, -0.25) is 0 Å². The Kier molecular flexibility index (Phi) is 7.41. The molecule has 0 saturated carbocycles. The Morgan fingerprint density at radius 1 is 1.20 bits per heavy atom. The van der Waals surface area contributed by atoms with Crippen molar-refractivity contribution in [2.24, 2.45) is 0 Å². The van der Waals surface area contributed by atoms with Gasteiger partial charge in [-0.15, -0.1) is 0 Å². The standard InChI is InChI=1S/C23H29N3O3S/c1-4-24-23(30)26(15-16-6-9-21(27)22(12-16)29-5-2)11-10-17-14-25-20-8-7-18(28-3)13-19(17)20/h6-9,12-14,25,27H,4-5,10-11,15H2,1-3H3,(H,24,30). The van der Waals surface area contributed by atoms with Crippen LogP contribution in [0.5, 0.6) is 17.2 Å². The van der Waals surface area contributed by atoms with Gasteiger partial charge in [0.25, 0.3) is 0 Å². The first kappa shape index (κ1) is 21.8. The zero-order valence-electron chi connectivity index (χ0n) is 17.7. The number of aromatic amines is 1. The third kappa shape index (κ3) is 5.16. The fourth-order valence-corrected chi connectivity index (χ4v) is 3.71. The Morgan fingerprint density at radius 2 is 2.03 bits per heavy atom. The number of methoxy groups -OCH3 is 1. The molecule has 160 valence electrons. The SMILES string of the molecule is CCNC(=S)N(CCc1c[nH]c2ccc(OC)cc12)Cc1ccc(O)c(OCC)c1. The van der Waals surface area contributed by atoms with E-state index in [0.717, 1.165) is 41.7 Å². The highest BCUT2D eigenvalue weighted by Gasteiger charge is 2.14. The van der Waals surface area contributed by atoms with E-state index in [0.29, 0.717) is 24.0 Å². The van der Waals surface area contributed by atoms with Gasteiger partial charge in [0.15, 0.2) is 16.6 Å². The first-order chi connectivity index (χ1) is 14.5. The molecule has 0 aliphatic rings. The summed E-state index contributed by atoms with van der Waals surface area (Å²) in [5, 5.41) is 15.1. The summed E-state index contributed by atoms with van der Waals surface area (Å²) in [5.41, 5.74) is 3.33. The topological polar surface area (TPSA) is 69.8 Å². The van der Waals surface area contributed by atoms with Crippen LogP contribution in [0.4, 0.5) is 0 Å². The van der Waals surface area contributed by atoms with E-state index < -0.39 is 0 Å². The van der Waals surface area contributed by atoms with Crippen molar-refractivity contribution in [3.05, 3.63) is 53.7 Å². The third-order valence-corrected chi connectivity index (χ3v) is 5.34. The van der Waals surface area contributed by atoms with Gasteiger partial charge in [0, 0.05) is 36.7 Å². The van der Waals surface area contributed by atoms with Gasteiger partial charge in [-0.25, -0.2) is 0 Å². The van der Waals surface area contributed by atoms with E-state index in [1.807, 2.05) is 44.3 Å². The second kappa shape index (κ2) is 10.2. The fourth-order valence-electron chi connectivity index (χ4n) is 3.41. The van der Waals surface area contributed by atoms with Crippen molar-refractivity contribution in [2.45, 2.75) is 26.8 Å². The molecule has 0 saturated heterocycles. The number of rotatable bonds is 9. The summed E-state index contributed by atoms with van der Waals surface area (Å²) in [7, 11) is 1.68. The molecule has 3 N–H and O–H groups in total. The van der Waals surface area contributed by atoms with Crippen molar-refractivity contribution in [3.8, 4) is 17.2 Å². The number of phenols is 1. The molecular weight excluding hydrogens is 398 g/mol. The summed E-state index contributed by atoms with van der Waals surface area (Å²) in [6, 6.07) is 11.5. The maximum atomic E-state index is 9.97. The van der Waals surface area contributed by atoms with E-state index in [4.69, 9.17) is 21.7 Å². The molecule has 0 fully saturated rings. The molecule has 0 bridgehead atoms. The van der Waals surface area contributed by atoms with Gasteiger partial charge in [-0.05, 0) is 73.9 Å². The summed E-state index contributed by atoms with van der Waals surface area (Å²) < 4.78 is 10.9. The molecule has 0 aliphatic heterocycles. The van der Waals surface area contributed by atoms with Crippen LogP contribution in [0, 0.1) is 0 Å². The molecule has 3 aromatic rings. The molecule has 1 heterocycles. The molecular formula is C23H29N3O3S. The fraction of sp³-hybridized carbons (Fsp3) is 0.348. The van der Waals surface area contributed by atoms with Crippen molar-refractivity contribution in [1.82, 2.24) is 15.2 Å². The molecule has 3 rings (SSSR count). The number of benzene rings is 2. The quantitative estimate of drug-likeness (QED) is 0.444. The number of aromatic hydroxyl groups is 1. The lowest BCUT2D eigenvalue weighted by Crippen LogP contribution is -2.40. The highest BCUT2D eigenvalue weighted by Crippen LogP contribution is 2.28. The van der Waals surface area contributed by atoms with Crippen molar-refractivity contribution >= 4 is 28.2 Å². The molecule has 30 heavy (non-hydrogen) atoms. The Hall–Kier alpha value is -2.93. The predicted molar refractivity (Wildman–Crippen MR) is 125 cm³/mol. The number of H-pyrrole nitrogens is 1. The Labute approximate surface area is 182 Å². The maximum absolute atomic E-state index is 9.97. The van der Waals surface area contributed by atoms with Crippen LogP contribution in [-0.4, -0.2) is 46.9 Å². The average molecular weight is 428 g/mol. The summed E-state index contributed by atoms with van der Waals surface area (Å²) in [6.45, 7) is 6.57. The number of fused-ring (bicyclic) bond motifs is 1. The van der Waals surface area contributed by atoms with E-state index in [2.05, 4.69) is 21.3 Å².